The summed E-state index contributed by atoms with van der Waals surface area (Å²) in [6, 6.07) is 12.3. The standard InChI is InChI=1S/C18H15NO5/c1-18(9-11-4-2-3-5-13(11)16(20)24-18)17(21)19-12-6-7-14-15(8-12)23-10-22-14/h2-8H,9-10H2,1H3,(H,19,21). The van der Waals surface area contributed by atoms with E-state index in [1.54, 1.807) is 37.3 Å². The number of rotatable bonds is 2. The number of anilines is 1. The van der Waals surface area contributed by atoms with Crippen LogP contribution < -0.4 is 14.8 Å². The summed E-state index contributed by atoms with van der Waals surface area (Å²) in [5.41, 5.74) is 0.602. The molecule has 0 saturated heterocycles. The minimum Gasteiger partial charge on any atom is -0.454 e. The SMILES string of the molecule is CC1(C(=O)Nc2ccc3c(c2)OCO3)Cc2ccccc2C(=O)O1. The molecule has 2 aliphatic rings. The first-order valence-corrected chi connectivity index (χ1v) is 7.57. The number of hydrogen-bond donors (Lipinski definition) is 1. The van der Waals surface area contributed by atoms with Gasteiger partial charge in [-0.05, 0) is 30.7 Å². The van der Waals surface area contributed by atoms with E-state index in [9.17, 15) is 9.59 Å². The van der Waals surface area contributed by atoms with Crippen molar-refractivity contribution in [2.75, 3.05) is 12.1 Å². The fraction of sp³-hybridized carbons (Fsp3) is 0.222. The van der Waals surface area contributed by atoms with Crippen LogP contribution in [0.15, 0.2) is 42.5 Å². The van der Waals surface area contributed by atoms with E-state index in [4.69, 9.17) is 14.2 Å². The predicted octanol–water partition coefficient (Wildman–Crippen LogP) is 2.53. The molecule has 0 bridgehead atoms. The average Bonchev–Trinajstić information content (AvgIpc) is 3.02. The molecule has 1 N–H and O–H groups in total. The third kappa shape index (κ3) is 2.36. The Morgan fingerprint density at radius 3 is 2.79 bits per heavy atom. The fourth-order valence-corrected chi connectivity index (χ4v) is 2.90. The second-order valence-corrected chi connectivity index (χ2v) is 5.98. The number of nitrogens with one attached hydrogen (secondary N) is 1. The molecule has 0 saturated carbocycles. The van der Waals surface area contributed by atoms with Gasteiger partial charge in [0.2, 0.25) is 6.79 Å². The number of ether oxygens (including phenoxy) is 3. The number of carbonyl (C=O) groups excluding carboxylic acids is 2. The molecule has 1 unspecified atom stereocenters. The summed E-state index contributed by atoms with van der Waals surface area (Å²) in [4.78, 5) is 24.9. The van der Waals surface area contributed by atoms with Gasteiger partial charge in [0.15, 0.2) is 17.1 Å². The van der Waals surface area contributed by atoms with Crippen molar-refractivity contribution in [2.45, 2.75) is 18.9 Å². The van der Waals surface area contributed by atoms with Gasteiger partial charge in [0.25, 0.3) is 5.91 Å². The second-order valence-electron chi connectivity index (χ2n) is 5.98. The molecule has 4 rings (SSSR count). The Morgan fingerprint density at radius 1 is 1.12 bits per heavy atom. The van der Waals surface area contributed by atoms with Gasteiger partial charge in [-0.3, -0.25) is 4.79 Å². The first-order chi connectivity index (χ1) is 11.5. The zero-order valence-corrected chi connectivity index (χ0v) is 13.0. The Labute approximate surface area is 138 Å². The van der Waals surface area contributed by atoms with Crippen LogP contribution in [0.2, 0.25) is 0 Å². The third-order valence-electron chi connectivity index (χ3n) is 4.19. The minimum absolute atomic E-state index is 0.166. The van der Waals surface area contributed by atoms with Gasteiger partial charge in [-0.15, -0.1) is 0 Å². The van der Waals surface area contributed by atoms with Crippen molar-refractivity contribution in [1.29, 1.82) is 0 Å². The Morgan fingerprint density at radius 2 is 1.92 bits per heavy atom. The summed E-state index contributed by atoms with van der Waals surface area (Å²) in [6.45, 7) is 1.78. The molecule has 2 aromatic rings. The number of amides is 1. The van der Waals surface area contributed by atoms with Crippen molar-refractivity contribution in [3.63, 3.8) is 0 Å². The molecule has 1 atom stereocenters. The molecule has 24 heavy (non-hydrogen) atoms. The molecule has 2 aliphatic heterocycles. The van der Waals surface area contributed by atoms with E-state index < -0.39 is 11.6 Å². The van der Waals surface area contributed by atoms with Crippen LogP contribution in [0.1, 0.15) is 22.8 Å². The lowest BCUT2D eigenvalue weighted by atomic mass is 9.89. The largest absolute Gasteiger partial charge is 0.454 e. The van der Waals surface area contributed by atoms with Crippen LogP contribution in [0.3, 0.4) is 0 Å². The van der Waals surface area contributed by atoms with Crippen LogP contribution in [0, 0.1) is 0 Å². The third-order valence-corrected chi connectivity index (χ3v) is 4.19. The van der Waals surface area contributed by atoms with Gasteiger partial charge in [0.05, 0.1) is 5.56 Å². The molecule has 2 aromatic carbocycles. The van der Waals surface area contributed by atoms with E-state index in [1.165, 1.54) is 0 Å². The Bertz CT molecular complexity index is 847. The first kappa shape index (κ1) is 14.6. The lowest BCUT2D eigenvalue weighted by Crippen LogP contribution is -2.48. The molecule has 6 nitrogen and oxygen atoms in total. The van der Waals surface area contributed by atoms with Gasteiger partial charge in [-0.2, -0.15) is 0 Å². The van der Waals surface area contributed by atoms with E-state index in [1.807, 2.05) is 12.1 Å². The monoisotopic (exact) mass is 325 g/mol. The molecule has 0 aromatic heterocycles. The van der Waals surface area contributed by atoms with E-state index in [-0.39, 0.29) is 12.7 Å². The smallest absolute Gasteiger partial charge is 0.339 e. The van der Waals surface area contributed by atoms with E-state index in [2.05, 4.69) is 5.32 Å². The maximum atomic E-state index is 12.7. The normalized spacial score (nSPS) is 21.0. The highest BCUT2D eigenvalue weighted by Crippen LogP contribution is 2.35. The molecule has 0 aliphatic carbocycles. The number of hydrogen-bond acceptors (Lipinski definition) is 5. The van der Waals surface area contributed by atoms with Gasteiger partial charge in [0, 0.05) is 18.2 Å². The van der Waals surface area contributed by atoms with Crippen molar-refractivity contribution in [3.8, 4) is 11.5 Å². The van der Waals surface area contributed by atoms with Crippen LogP contribution >= 0.6 is 0 Å². The van der Waals surface area contributed by atoms with Crippen LogP contribution in [0.5, 0.6) is 11.5 Å². The molecular weight excluding hydrogens is 310 g/mol. The summed E-state index contributed by atoms with van der Waals surface area (Å²) < 4.78 is 16.0. The van der Waals surface area contributed by atoms with E-state index in [0.717, 1.165) is 5.56 Å². The first-order valence-electron chi connectivity index (χ1n) is 7.57. The summed E-state index contributed by atoms with van der Waals surface area (Å²) in [5.74, 6) is 0.338. The Balaban J connectivity index is 1.57. The van der Waals surface area contributed by atoms with Gasteiger partial charge in [-0.1, -0.05) is 18.2 Å². The van der Waals surface area contributed by atoms with Crippen molar-refractivity contribution < 1.29 is 23.8 Å². The molecule has 2 heterocycles. The Kier molecular flexibility index (Phi) is 3.19. The summed E-state index contributed by atoms with van der Waals surface area (Å²) in [7, 11) is 0. The van der Waals surface area contributed by atoms with E-state index >= 15 is 0 Å². The van der Waals surface area contributed by atoms with Crippen LogP contribution in [-0.2, 0) is 16.0 Å². The fourth-order valence-electron chi connectivity index (χ4n) is 2.90. The lowest BCUT2D eigenvalue weighted by Gasteiger charge is -2.33. The number of benzene rings is 2. The maximum Gasteiger partial charge on any atom is 0.339 e. The zero-order chi connectivity index (χ0) is 16.7. The highest BCUT2D eigenvalue weighted by molar-refractivity contribution is 6.02. The van der Waals surface area contributed by atoms with Crippen molar-refractivity contribution in [3.05, 3.63) is 53.6 Å². The number of cyclic esters (lactones) is 1. The number of esters is 1. The molecule has 1 amide bonds. The number of fused-ring (bicyclic) bond motifs is 2. The molecule has 0 radical (unpaired) electrons. The Hall–Kier alpha value is -3.02. The van der Waals surface area contributed by atoms with Crippen LogP contribution in [-0.4, -0.2) is 24.3 Å². The van der Waals surface area contributed by atoms with Gasteiger partial charge in [-0.25, -0.2) is 4.79 Å². The van der Waals surface area contributed by atoms with Gasteiger partial charge in [0.1, 0.15) is 0 Å². The number of carbonyl (C=O) groups is 2. The lowest BCUT2D eigenvalue weighted by molar-refractivity contribution is -0.134. The molecule has 0 spiro atoms. The maximum absolute atomic E-state index is 12.7. The van der Waals surface area contributed by atoms with Gasteiger partial charge >= 0.3 is 5.97 Å². The van der Waals surface area contributed by atoms with Gasteiger partial charge < -0.3 is 19.5 Å². The average molecular weight is 325 g/mol. The predicted molar refractivity (Wildman–Crippen MR) is 85.2 cm³/mol. The van der Waals surface area contributed by atoms with Crippen molar-refractivity contribution in [2.24, 2.45) is 0 Å². The quantitative estimate of drug-likeness (QED) is 0.859. The van der Waals surface area contributed by atoms with Crippen LogP contribution in [0.25, 0.3) is 0 Å². The highest BCUT2D eigenvalue weighted by Gasteiger charge is 2.42. The minimum atomic E-state index is -1.26. The molecule has 122 valence electrons. The molecular formula is C18H15NO5. The summed E-state index contributed by atoms with van der Waals surface area (Å²) >= 11 is 0. The van der Waals surface area contributed by atoms with Crippen molar-refractivity contribution in [1.82, 2.24) is 0 Å². The summed E-state index contributed by atoms with van der Waals surface area (Å²) in [5, 5.41) is 2.78. The summed E-state index contributed by atoms with van der Waals surface area (Å²) in [6.07, 6.45) is 0.325. The second kappa shape index (κ2) is 5.26. The molecule has 6 heteroatoms. The molecule has 0 fully saturated rings. The van der Waals surface area contributed by atoms with Crippen LogP contribution in [0.4, 0.5) is 5.69 Å². The highest BCUT2D eigenvalue weighted by atomic mass is 16.7. The van der Waals surface area contributed by atoms with E-state index in [0.29, 0.717) is 29.2 Å². The zero-order valence-electron chi connectivity index (χ0n) is 13.0. The van der Waals surface area contributed by atoms with Crippen molar-refractivity contribution >= 4 is 17.6 Å². The topological polar surface area (TPSA) is 73.9 Å².